The van der Waals surface area contributed by atoms with Gasteiger partial charge in [0.25, 0.3) is 0 Å². The molecule has 0 fully saturated rings. The van der Waals surface area contributed by atoms with E-state index in [0.717, 1.165) is 16.9 Å². The van der Waals surface area contributed by atoms with E-state index in [-0.39, 0.29) is 6.54 Å². The molecule has 0 saturated carbocycles. The van der Waals surface area contributed by atoms with Crippen molar-refractivity contribution in [2.24, 2.45) is 0 Å². The van der Waals surface area contributed by atoms with Gasteiger partial charge in [0.1, 0.15) is 6.04 Å². The highest BCUT2D eigenvalue weighted by molar-refractivity contribution is 7.10. The van der Waals surface area contributed by atoms with Crippen LogP contribution >= 0.6 is 11.3 Å². The van der Waals surface area contributed by atoms with Crippen molar-refractivity contribution in [2.45, 2.75) is 12.5 Å². The Morgan fingerprint density at radius 1 is 1.80 bits per heavy atom. The Hall–Kier alpha value is -1.38. The topological polar surface area (TPSA) is 64.3 Å². The highest BCUT2D eigenvalue weighted by Crippen LogP contribution is 2.32. The molecule has 78 valence electrons. The van der Waals surface area contributed by atoms with Gasteiger partial charge in [-0.25, -0.2) is 0 Å². The van der Waals surface area contributed by atoms with Crippen molar-refractivity contribution in [1.82, 2.24) is 4.90 Å². The molecule has 1 aromatic heterocycles. The molecule has 1 atom stereocenters. The zero-order valence-corrected chi connectivity index (χ0v) is 8.83. The number of rotatable bonds is 2. The molecule has 15 heavy (non-hydrogen) atoms. The van der Waals surface area contributed by atoms with Crippen molar-refractivity contribution in [1.29, 1.82) is 5.26 Å². The van der Waals surface area contributed by atoms with Gasteiger partial charge in [0.2, 0.25) is 0 Å². The normalized spacial score (nSPS) is 20.6. The molecular formula is C10H10N2O2S. The molecule has 0 radical (unpaired) electrons. The summed E-state index contributed by atoms with van der Waals surface area (Å²) < 4.78 is 0. The average molecular weight is 222 g/mol. The van der Waals surface area contributed by atoms with Crippen molar-refractivity contribution in [3.63, 3.8) is 0 Å². The number of fused-ring (bicyclic) bond motifs is 1. The number of carboxylic acids is 1. The lowest BCUT2D eigenvalue weighted by molar-refractivity contribution is -0.143. The highest BCUT2D eigenvalue weighted by Gasteiger charge is 2.33. The first-order chi connectivity index (χ1) is 7.24. The lowest BCUT2D eigenvalue weighted by Gasteiger charge is -2.30. The summed E-state index contributed by atoms with van der Waals surface area (Å²) in [5, 5.41) is 19.7. The minimum absolute atomic E-state index is 0.173. The van der Waals surface area contributed by atoms with Gasteiger partial charge in [-0.1, -0.05) is 0 Å². The molecule has 2 heterocycles. The zero-order valence-electron chi connectivity index (χ0n) is 8.01. The average Bonchev–Trinajstić information content (AvgIpc) is 2.64. The van der Waals surface area contributed by atoms with Crippen molar-refractivity contribution in [3.8, 4) is 6.07 Å². The fraction of sp³-hybridized carbons (Fsp3) is 0.400. The maximum atomic E-state index is 11.2. The van der Waals surface area contributed by atoms with Crippen LogP contribution in [0.25, 0.3) is 0 Å². The van der Waals surface area contributed by atoms with Crippen LogP contribution in [0.1, 0.15) is 16.5 Å². The van der Waals surface area contributed by atoms with Gasteiger partial charge in [0, 0.05) is 11.4 Å². The van der Waals surface area contributed by atoms with E-state index >= 15 is 0 Å². The number of hydrogen-bond acceptors (Lipinski definition) is 4. The van der Waals surface area contributed by atoms with Gasteiger partial charge >= 0.3 is 5.97 Å². The summed E-state index contributed by atoms with van der Waals surface area (Å²) in [4.78, 5) is 14.0. The second kappa shape index (κ2) is 4.01. The predicted molar refractivity (Wildman–Crippen MR) is 55.6 cm³/mol. The first kappa shape index (κ1) is 10.1. The van der Waals surface area contributed by atoms with E-state index in [0.29, 0.717) is 6.54 Å². The van der Waals surface area contributed by atoms with Crippen LogP contribution in [-0.2, 0) is 11.2 Å². The molecular weight excluding hydrogens is 212 g/mol. The second-order valence-corrected chi connectivity index (χ2v) is 4.42. The third-order valence-corrected chi connectivity index (χ3v) is 3.57. The van der Waals surface area contributed by atoms with Gasteiger partial charge in [-0.3, -0.25) is 9.69 Å². The van der Waals surface area contributed by atoms with E-state index in [1.165, 1.54) is 0 Å². The molecule has 4 nitrogen and oxygen atoms in total. The molecule has 0 amide bonds. The number of thiophene rings is 1. The van der Waals surface area contributed by atoms with E-state index in [2.05, 4.69) is 0 Å². The van der Waals surface area contributed by atoms with Crippen LogP contribution in [0, 0.1) is 11.3 Å². The number of nitrogens with zero attached hydrogens (tertiary/aromatic N) is 2. The Balaban J connectivity index is 2.35. The van der Waals surface area contributed by atoms with E-state index in [9.17, 15) is 4.79 Å². The number of carbonyl (C=O) groups is 1. The fourth-order valence-corrected chi connectivity index (χ4v) is 2.82. The molecule has 1 N–H and O–H groups in total. The van der Waals surface area contributed by atoms with Crippen molar-refractivity contribution >= 4 is 17.3 Å². The number of aliphatic carboxylic acids is 1. The Morgan fingerprint density at radius 2 is 2.60 bits per heavy atom. The van der Waals surface area contributed by atoms with E-state index in [4.69, 9.17) is 10.4 Å². The summed E-state index contributed by atoms with van der Waals surface area (Å²) in [6, 6.07) is 3.22. The van der Waals surface area contributed by atoms with Gasteiger partial charge < -0.3 is 5.11 Å². The largest absolute Gasteiger partial charge is 0.480 e. The molecule has 1 unspecified atom stereocenters. The second-order valence-electron chi connectivity index (χ2n) is 3.42. The number of nitriles is 1. The zero-order chi connectivity index (χ0) is 10.8. The molecule has 1 aliphatic rings. The molecule has 0 bridgehead atoms. The molecule has 0 aliphatic carbocycles. The van der Waals surface area contributed by atoms with Crippen LogP contribution in [0.15, 0.2) is 11.4 Å². The number of carboxylic acid groups (broad SMARTS) is 1. The van der Waals surface area contributed by atoms with Crippen LogP contribution in [0.5, 0.6) is 0 Å². The van der Waals surface area contributed by atoms with Crippen LogP contribution in [0.2, 0.25) is 0 Å². The minimum Gasteiger partial charge on any atom is -0.480 e. The number of hydrogen-bond donors (Lipinski definition) is 1. The monoisotopic (exact) mass is 222 g/mol. The molecule has 1 aromatic rings. The van der Waals surface area contributed by atoms with Gasteiger partial charge in [-0.05, 0) is 23.4 Å². The first-order valence-electron chi connectivity index (χ1n) is 4.64. The van der Waals surface area contributed by atoms with Crippen LogP contribution in [-0.4, -0.2) is 29.1 Å². The van der Waals surface area contributed by atoms with E-state index in [1.54, 1.807) is 16.2 Å². The van der Waals surface area contributed by atoms with Crippen molar-refractivity contribution in [2.75, 3.05) is 13.1 Å². The van der Waals surface area contributed by atoms with Crippen molar-refractivity contribution in [3.05, 3.63) is 21.9 Å². The van der Waals surface area contributed by atoms with E-state index < -0.39 is 12.0 Å². The van der Waals surface area contributed by atoms with Gasteiger partial charge in [0.15, 0.2) is 0 Å². The molecule has 0 aromatic carbocycles. The Kier molecular flexibility index (Phi) is 2.71. The Bertz CT molecular complexity index is 421. The van der Waals surface area contributed by atoms with Gasteiger partial charge in [-0.2, -0.15) is 5.26 Å². The summed E-state index contributed by atoms with van der Waals surface area (Å²) in [5.41, 5.74) is 0.856. The minimum atomic E-state index is -0.871. The predicted octanol–water partition coefficient (Wildman–Crippen LogP) is 1.26. The maximum absolute atomic E-state index is 11.2. The summed E-state index contributed by atoms with van der Waals surface area (Å²) in [7, 11) is 0. The SMILES string of the molecule is N#CCN1CCc2sccc2C1C(=O)O. The summed E-state index contributed by atoms with van der Waals surface area (Å²) in [5.74, 6) is -0.871. The van der Waals surface area contributed by atoms with Crippen LogP contribution < -0.4 is 0 Å². The quantitative estimate of drug-likeness (QED) is 0.765. The molecule has 1 aliphatic heterocycles. The Morgan fingerprint density at radius 3 is 3.27 bits per heavy atom. The van der Waals surface area contributed by atoms with Gasteiger partial charge in [0.05, 0.1) is 12.6 Å². The van der Waals surface area contributed by atoms with E-state index in [1.807, 2.05) is 17.5 Å². The third kappa shape index (κ3) is 1.74. The Labute approximate surface area is 91.4 Å². The van der Waals surface area contributed by atoms with Crippen molar-refractivity contribution < 1.29 is 9.90 Å². The summed E-state index contributed by atoms with van der Waals surface area (Å²) in [6.45, 7) is 0.824. The summed E-state index contributed by atoms with van der Waals surface area (Å²) >= 11 is 1.59. The standard InChI is InChI=1S/C10H10N2O2S/c11-3-5-12-4-1-8-7(2-6-15-8)9(12)10(13)14/h2,6,9H,1,4-5H2,(H,13,14). The highest BCUT2D eigenvalue weighted by atomic mass is 32.1. The van der Waals surface area contributed by atoms with Crippen LogP contribution in [0.3, 0.4) is 0 Å². The third-order valence-electron chi connectivity index (χ3n) is 2.57. The maximum Gasteiger partial charge on any atom is 0.325 e. The van der Waals surface area contributed by atoms with Gasteiger partial charge in [-0.15, -0.1) is 11.3 Å². The lowest BCUT2D eigenvalue weighted by atomic mass is 10.0. The molecule has 5 heteroatoms. The molecule has 2 rings (SSSR count). The van der Waals surface area contributed by atoms with Crippen LogP contribution in [0.4, 0.5) is 0 Å². The fourth-order valence-electron chi connectivity index (χ4n) is 1.92. The first-order valence-corrected chi connectivity index (χ1v) is 5.52. The lowest BCUT2D eigenvalue weighted by Crippen LogP contribution is -2.39. The molecule has 0 spiro atoms. The summed E-state index contributed by atoms with van der Waals surface area (Å²) in [6.07, 6.45) is 0.846. The smallest absolute Gasteiger partial charge is 0.325 e. The molecule has 0 saturated heterocycles.